The van der Waals surface area contributed by atoms with Gasteiger partial charge in [0, 0.05) is 10.9 Å². The van der Waals surface area contributed by atoms with Crippen LogP contribution in [-0.4, -0.2) is 29.2 Å². The van der Waals surface area contributed by atoms with Crippen LogP contribution in [0.4, 0.5) is 13.2 Å². The first kappa shape index (κ1) is 20.4. The Bertz CT molecular complexity index is 1060. The quantitative estimate of drug-likeness (QED) is 0.570. The van der Waals surface area contributed by atoms with Crippen molar-refractivity contribution in [1.82, 2.24) is 20.8 Å². The van der Waals surface area contributed by atoms with Crippen LogP contribution in [0, 0.1) is 5.82 Å². The normalized spacial score (nSPS) is 16.2. The van der Waals surface area contributed by atoms with E-state index in [9.17, 15) is 18.0 Å². The number of rotatable bonds is 5. The molecule has 0 spiro atoms. The zero-order chi connectivity index (χ0) is 21.3. The van der Waals surface area contributed by atoms with Crippen molar-refractivity contribution in [2.24, 2.45) is 0 Å². The van der Waals surface area contributed by atoms with Crippen molar-refractivity contribution in [2.75, 3.05) is 13.1 Å². The maximum Gasteiger partial charge on any atom is 0.266 e. The molecule has 0 radical (unpaired) electrons. The highest BCUT2D eigenvalue weighted by molar-refractivity contribution is 6.06. The zero-order valence-corrected chi connectivity index (χ0v) is 16.5. The summed E-state index contributed by atoms with van der Waals surface area (Å²) >= 11 is 0. The van der Waals surface area contributed by atoms with Crippen LogP contribution < -0.4 is 10.6 Å². The van der Waals surface area contributed by atoms with Crippen LogP contribution in [0.3, 0.4) is 0 Å². The molecule has 158 valence electrons. The van der Waals surface area contributed by atoms with Crippen molar-refractivity contribution < 1.29 is 18.0 Å². The van der Waals surface area contributed by atoms with E-state index >= 15 is 0 Å². The van der Waals surface area contributed by atoms with Crippen LogP contribution in [0.2, 0.25) is 0 Å². The van der Waals surface area contributed by atoms with E-state index in [1.54, 1.807) is 13.1 Å². The van der Waals surface area contributed by atoms with Gasteiger partial charge in [0.2, 0.25) is 0 Å². The first-order chi connectivity index (χ1) is 14.5. The smallest absolute Gasteiger partial charge is 0.266 e. The van der Waals surface area contributed by atoms with E-state index in [2.05, 4.69) is 20.8 Å². The number of nitrogens with zero attached hydrogens (tertiary/aromatic N) is 1. The summed E-state index contributed by atoms with van der Waals surface area (Å²) in [7, 11) is 0. The number of piperidine rings is 1. The Hall–Kier alpha value is -2.87. The number of amides is 1. The molecule has 0 unspecified atom stereocenters. The van der Waals surface area contributed by atoms with E-state index in [4.69, 9.17) is 0 Å². The van der Waals surface area contributed by atoms with E-state index in [1.165, 1.54) is 12.1 Å². The molecule has 1 aliphatic rings. The number of aromatic amines is 1. The van der Waals surface area contributed by atoms with Gasteiger partial charge < -0.3 is 10.6 Å². The molecule has 3 aromatic rings. The molecule has 8 heteroatoms. The predicted molar refractivity (Wildman–Crippen MR) is 108 cm³/mol. The summed E-state index contributed by atoms with van der Waals surface area (Å²) in [6.07, 6.45) is 0.712. The molecule has 3 N–H and O–H groups in total. The van der Waals surface area contributed by atoms with Gasteiger partial charge in [-0.05, 0) is 56.5 Å². The molecule has 1 atom stereocenters. The van der Waals surface area contributed by atoms with Crippen LogP contribution in [-0.2, 0) is 0 Å². The van der Waals surface area contributed by atoms with E-state index in [1.807, 2.05) is 12.1 Å². The van der Waals surface area contributed by atoms with E-state index in [-0.39, 0.29) is 5.56 Å². The Kier molecular flexibility index (Phi) is 5.76. The molecular formula is C22H23F3N4O. The van der Waals surface area contributed by atoms with E-state index in [0.717, 1.165) is 42.9 Å². The molecule has 0 bridgehead atoms. The SMILES string of the molecule is C[C@@H](NC(=O)c1cc(C2CCNCC2)cc2cn[nH]c12)c1cccc(C(F)F)c1F. The van der Waals surface area contributed by atoms with Crippen LogP contribution in [0.1, 0.15) is 65.2 Å². The number of H-pyrrole nitrogens is 1. The van der Waals surface area contributed by atoms with Crippen molar-refractivity contribution in [3.63, 3.8) is 0 Å². The second kappa shape index (κ2) is 8.47. The average molecular weight is 416 g/mol. The lowest BCUT2D eigenvalue weighted by atomic mass is 9.88. The number of nitrogens with one attached hydrogen (secondary N) is 3. The Morgan fingerprint density at radius 1 is 1.20 bits per heavy atom. The summed E-state index contributed by atoms with van der Waals surface area (Å²) in [5, 5.41) is 13.8. The fraction of sp³-hybridized carbons (Fsp3) is 0.364. The van der Waals surface area contributed by atoms with Gasteiger partial charge in [0.05, 0.1) is 28.9 Å². The summed E-state index contributed by atoms with van der Waals surface area (Å²) < 4.78 is 40.5. The molecule has 2 aromatic carbocycles. The molecule has 5 nitrogen and oxygen atoms in total. The topological polar surface area (TPSA) is 69.8 Å². The molecular weight excluding hydrogens is 393 g/mol. The lowest BCUT2D eigenvalue weighted by Gasteiger charge is -2.24. The third kappa shape index (κ3) is 3.92. The van der Waals surface area contributed by atoms with Crippen molar-refractivity contribution in [2.45, 2.75) is 38.2 Å². The zero-order valence-electron chi connectivity index (χ0n) is 16.5. The van der Waals surface area contributed by atoms with Crippen LogP contribution >= 0.6 is 0 Å². The minimum Gasteiger partial charge on any atom is -0.345 e. The van der Waals surface area contributed by atoms with E-state index in [0.29, 0.717) is 17.0 Å². The molecule has 1 fully saturated rings. The lowest BCUT2D eigenvalue weighted by molar-refractivity contribution is 0.0940. The van der Waals surface area contributed by atoms with Crippen molar-refractivity contribution >= 4 is 16.8 Å². The van der Waals surface area contributed by atoms with Gasteiger partial charge in [-0.2, -0.15) is 5.10 Å². The monoisotopic (exact) mass is 416 g/mol. The number of carbonyl (C=O) groups is 1. The molecule has 1 saturated heterocycles. The minimum absolute atomic E-state index is 0.0246. The molecule has 0 saturated carbocycles. The predicted octanol–water partition coefficient (Wildman–Crippen LogP) is 4.60. The van der Waals surface area contributed by atoms with Gasteiger partial charge in [0.15, 0.2) is 0 Å². The highest BCUT2D eigenvalue weighted by Crippen LogP contribution is 2.31. The first-order valence-electron chi connectivity index (χ1n) is 10.0. The van der Waals surface area contributed by atoms with E-state index < -0.39 is 29.8 Å². The van der Waals surface area contributed by atoms with Gasteiger partial charge >= 0.3 is 0 Å². The van der Waals surface area contributed by atoms with Gasteiger partial charge in [-0.1, -0.05) is 18.2 Å². The van der Waals surface area contributed by atoms with Crippen LogP contribution in [0.15, 0.2) is 36.5 Å². The van der Waals surface area contributed by atoms with Crippen LogP contribution in [0.25, 0.3) is 10.9 Å². The number of fused-ring (bicyclic) bond motifs is 1. The lowest BCUT2D eigenvalue weighted by Crippen LogP contribution is -2.29. The molecule has 1 aromatic heterocycles. The molecule has 4 rings (SSSR count). The van der Waals surface area contributed by atoms with Crippen molar-refractivity contribution in [3.05, 3.63) is 64.6 Å². The second-order valence-corrected chi connectivity index (χ2v) is 7.67. The molecule has 1 amide bonds. The number of hydrogen-bond donors (Lipinski definition) is 3. The Labute approximate surface area is 172 Å². The highest BCUT2D eigenvalue weighted by Gasteiger charge is 2.23. The Morgan fingerprint density at radius 3 is 2.67 bits per heavy atom. The summed E-state index contributed by atoms with van der Waals surface area (Å²) in [6.45, 7) is 3.42. The highest BCUT2D eigenvalue weighted by atomic mass is 19.3. The summed E-state index contributed by atoms with van der Waals surface area (Å²) in [5.74, 6) is -1.06. The van der Waals surface area contributed by atoms with Crippen molar-refractivity contribution in [1.29, 1.82) is 0 Å². The number of alkyl halides is 2. The average Bonchev–Trinajstić information content (AvgIpc) is 3.22. The Balaban J connectivity index is 1.63. The van der Waals surface area contributed by atoms with Gasteiger partial charge in [-0.3, -0.25) is 9.89 Å². The molecule has 2 heterocycles. The summed E-state index contributed by atoms with van der Waals surface area (Å²) in [5.41, 5.74) is 1.43. The Morgan fingerprint density at radius 2 is 1.93 bits per heavy atom. The first-order valence-corrected chi connectivity index (χ1v) is 10.0. The van der Waals surface area contributed by atoms with Gasteiger partial charge in [0.1, 0.15) is 5.82 Å². The fourth-order valence-corrected chi connectivity index (χ4v) is 4.07. The number of benzene rings is 2. The third-order valence-electron chi connectivity index (χ3n) is 5.73. The summed E-state index contributed by atoms with van der Waals surface area (Å²) in [6, 6.07) is 6.94. The number of hydrogen-bond acceptors (Lipinski definition) is 3. The summed E-state index contributed by atoms with van der Waals surface area (Å²) in [4.78, 5) is 13.1. The van der Waals surface area contributed by atoms with Gasteiger partial charge in [-0.25, -0.2) is 13.2 Å². The number of aromatic nitrogens is 2. The maximum absolute atomic E-state index is 14.5. The molecule has 0 aliphatic carbocycles. The minimum atomic E-state index is -2.92. The van der Waals surface area contributed by atoms with Gasteiger partial charge in [0.25, 0.3) is 12.3 Å². The van der Waals surface area contributed by atoms with Crippen molar-refractivity contribution in [3.8, 4) is 0 Å². The third-order valence-corrected chi connectivity index (χ3v) is 5.73. The van der Waals surface area contributed by atoms with Gasteiger partial charge in [-0.15, -0.1) is 0 Å². The number of carbonyl (C=O) groups excluding carboxylic acids is 1. The fourth-order valence-electron chi connectivity index (χ4n) is 4.07. The second-order valence-electron chi connectivity index (χ2n) is 7.67. The largest absolute Gasteiger partial charge is 0.345 e. The van der Waals surface area contributed by atoms with Crippen LogP contribution in [0.5, 0.6) is 0 Å². The standard InChI is InChI=1S/C22H23F3N4O/c1-12(16-3-2-4-17(19(16)23)21(24)25)28-22(30)18-10-14(13-5-7-26-8-6-13)9-15-11-27-29-20(15)18/h2-4,9-13,21,26H,5-8H2,1H3,(H,27,29)(H,28,30)/t12-/m1/s1. The molecule has 1 aliphatic heterocycles. The molecule has 30 heavy (non-hydrogen) atoms. The number of halogens is 3. The maximum atomic E-state index is 14.5.